The molecule has 1 aromatic rings. The van der Waals surface area contributed by atoms with Crippen LogP contribution in [0.15, 0.2) is 24.3 Å². The monoisotopic (exact) mass is 246 g/mol. The number of carbonyl (C=O) groups is 1. The summed E-state index contributed by atoms with van der Waals surface area (Å²) in [6, 6.07) is 8.60. The summed E-state index contributed by atoms with van der Waals surface area (Å²) in [7, 11) is 0. The fourth-order valence-corrected chi connectivity index (χ4v) is 2.27. The standard InChI is InChI=1S/C15H22N2O/c1-13-5-7-14(8-6-13)12-16-9-3-11-17-10-2-4-15(17)18/h5-8,16H,2-4,9-12H2,1H3. The van der Waals surface area contributed by atoms with Crippen molar-refractivity contribution in [2.75, 3.05) is 19.6 Å². The molecule has 1 heterocycles. The van der Waals surface area contributed by atoms with E-state index < -0.39 is 0 Å². The van der Waals surface area contributed by atoms with Crippen LogP contribution >= 0.6 is 0 Å². The van der Waals surface area contributed by atoms with Gasteiger partial charge in [-0.3, -0.25) is 4.79 Å². The first kappa shape index (κ1) is 13.1. The number of nitrogens with one attached hydrogen (secondary N) is 1. The predicted octanol–water partition coefficient (Wildman–Crippen LogP) is 2.10. The molecule has 1 amide bonds. The fourth-order valence-electron chi connectivity index (χ4n) is 2.27. The third-order valence-corrected chi connectivity index (χ3v) is 3.40. The van der Waals surface area contributed by atoms with E-state index >= 15 is 0 Å². The molecule has 98 valence electrons. The van der Waals surface area contributed by atoms with E-state index in [1.54, 1.807) is 0 Å². The van der Waals surface area contributed by atoms with Crippen molar-refractivity contribution in [1.29, 1.82) is 0 Å². The van der Waals surface area contributed by atoms with Crippen molar-refractivity contribution in [1.82, 2.24) is 10.2 Å². The number of benzene rings is 1. The number of amides is 1. The Hall–Kier alpha value is -1.35. The lowest BCUT2D eigenvalue weighted by atomic mass is 10.1. The summed E-state index contributed by atoms with van der Waals surface area (Å²) < 4.78 is 0. The van der Waals surface area contributed by atoms with Crippen LogP contribution in [0, 0.1) is 6.92 Å². The number of aryl methyl sites for hydroxylation is 1. The third kappa shape index (κ3) is 3.84. The molecule has 1 aromatic carbocycles. The molecule has 3 heteroatoms. The third-order valence-electron chi connectivity index (χ3n) is 3.40. The molecule has 1 N–H and O–H groups in total. The van der Waals surface area contributed by atoms with Crippen LogP contribution in [0.2, 0.25) is 0 Å². The molecule has 1 aliphatic heterocycles. The summed E-state index contributed by atoms with van der Waals surface area (Å²) >= 11 is 0. The molecule has 3 nitrogen and oxygen atoms in total. The van der Waals surface area contributed by atoms with Gasteiger partial charge in [-0.2, -0.15) is 0 Å². The molecule has 0 aromatic heterocycles. The van der Waals surface area contributed by atoms with Crippen molar-refractivity contribution >= 4 is 5.91 Å². The summed E-state index contributed by atoms with van der Waals surface area (Å²) in [6.07, 6.45) is 2.82. The van der Waals surface area contributed by atoms with Gasteiger partial charge in [-0.15, -0.1) is 0 Å². The predicted molar refractivity (Wildman–Crippen MR) is 73.3 cm³/mol. The summed E-state index contributed by atoms with van der Waals surface area (Å²) in [5.41, 5.74) is 2.61. The maximum absolute atomic E-state index is 11.4. The lowest BCUT2D eigenvalue weighted by molar-refractivity contribution is -0.127. The van der Waals surface area contributed by atoms with E-state index in [4.69, 9.17) is 0 Å². The normalized spacial score (nSPS) is 15.4. The van der Waals surface area contributed by atoms with Gasteiger partial charge in [-0.25, -0.2) is 0 Å². The Morgan fingerprint density at radius 2 is 2.06 bits per heavy atom. The maximum atomic E-state index is 11.4. The maximum Gasteiger partial charge on any atom is 0.222 e. The van der Waals surface area contributed by atoms with Gasteiger partial charge in [-0.05, 0) is 31.9 Å². The Kier molecular flexibility index (Phi) is 4.76. The van der Waals surface area contributed by atoms with E-state index in [-0.39, 0.29) is 0 Å². The molecule has 0 saturated carbocycles. The fraction of sp³-hybridized carbons (Fsp3) is 0.533. The zero-order valence-electron chi connectivity index (χ0n) is 11.1. The largest absolute Gasteiger partial charge is 0.343 e. The Balaban J connectivity index is 1.58. The van der Waals surface area contributed by atoms with Gasteiger partial charge in [0.1, 0.15) is 0 Å². The number of likely N-dealkylation sites (tertiary alicyclic amines) is 1. The molecule has 2 rings (SSSR count). The molecule has 0 bridgehead atoms. The zero-order chi connectivity index (χ0) is 12.8. The topological polar surface area (TPSA) is 32.3 Å². The molecular formula is C15H22N2O. The van der Waals surface area contributed by atoms with Gasteiger partial charge in [0.2, 0.25) is 5.91 Å². The van der Waals surface area contributed by atoms with Gasteiger partial charge >= 0.3 is 0 Å². The van der Waals surface area contributed by atoms with Gasteiger partial charge in [0, 0.05) is 26.1 Å². The van der Waals surface area contributed by atoms with Gasteiger partial charge in [-0.1, -0.05) is 29.8 Å². The second-order valence-corrected chi connectivity index (χ2v) is 5.00. The molecule has 18 heavy (non-hydrogen) atoms. The first-order valence-electron chi connectivity index (χ1n) is 6.80. The van der Waals surface area contributed by atoms with Gasteiger partial charge in [0.25, 0.3) is 0 Å². The summed E-state index contributed by atoms with van der Waals surface area (Å²) in [5, 5.41) is 3.42. The van der Waals surface area contributed by atoms with E-state index in [2.05, 4.69) is 36.5 Å². The highest BCUT2D eigenvalue weighted by Crippen LogP contribution is 2.09. The number of hydrogen-bond donors (Lipinski definition) is 1. The average Bonchev–Trinajstić information content (AvgIpc) is 2.77. The molecule has 0 unspecified atom stereocenters. The summed E-state index contributed by atoms with van der Waals surface area (Å²) in [5.74, 6) is 0.327. The van der Waals surface area contributed by atoms with E-state index in [1.807, 2.05) is 4.90 Å². The molecule has 1 fully saturated rings. The first-order chi connectivity index (χ1) is 8.75. The Morgan fingerprint density at radius 1 is 1.28 bits per heavy atom. The number of hydrogen-bond acceptors (Lipinski definition) is 2. The smallest absolute Gasteiger partial charge is 0.222 e. The van der Waals surface area contributed by atoms with Gasteiger partial charge in [0.15, 0.2) is 0 Å². The summed E-state index contributed by atoms with van der Waals surface area (Å²) in [4.78, 5) is 13.4. The van der Waals surface area contributed by atoms with Crippen LogP contribution < -0.4 is 5.32 Å². The SMILES string of the molecule is Cc1ccc(CNCCCN2CCCC2=O)cc1. The molecule has 0 atom stereocenters. The second-order valence-electron chi connectivity index (χ2n) is 5.00. The number of rotatable bonds is 6. The highest BCUT2D eigenvalue weighted by Gasteiger charge is 2.18. The lowest BCUT2D eigenvalue weighted by Gasteiger charge is -2.15. The van der Waals surface area contributed by atoms with E-state index in [9.17, 15) is 4.79 Å². The number of nitrogens with zero attached hydrogens (tertiary/aromatic N) is 1. The van der Waals surface area contributed by atoms with Crippen LogP contribution in [0.5, 0.6) is 0 Å². The zero-order valence-corrected chi connectivity index (χ0v) is 11.1. The van der Waals surface area contributed by atoms with Crippen LogP contribution in [0.1, 0.15) is 30.4 Å². The van der Waals surface area contributed by atoms with Crippen molar-refractivity contribution in [3.63, 3.8) is 0 Å². The molecule has 1 aliphatic rings. The van der Waals surface area contributed by atoms with E-state index in [0.29, 0.717) is 5.91 Å². The molecule has 1 saturated heterocycles. The van der Waals surface area contributed by atoms with Crippen molar-refractivity contribution in [2.24, 2.45) is 0 Å². The van der Waals surface area contributed by atoms with E-state index in [0.717, 1.165) is 45.4 Å². The van der Waals surface area contributed by atoms with Crippen LogP contribution in [0.4, 0.5) is 0 Å². The van der Waals surface area contributed by atoms with Crippen LogP contribution in [-0.4, -0.2) is 30.4 Å². The van der Waals surface area contributed by atoms with Crippen LogP contribution in [-0.2, 0) is 11.3 Å². The average molecular weight is 246 g/mol. The highest BCUT2D eigenvalue weighted by molar-refractivity contribution is 5.77. The Labute approximate surface area is 109 Å². The van der Waals surface area contributed by atoms with Crippen molar-refractivity contribution in [2.45, 2.75) is 32.7 Å². The molecule has 0 aliphatic carbocycles. The minimum Gasteiger partial charge on any atom is -0.343 e. The van der Waals surface area contributed by atoms with Crippen molar-refractivity contribution in [3.05, 3.63) is 35.4 Å². The molecular weight excluding hydrogens is 224 g/mol. The first-order valence-corrected chi connectivity index (χ1v) is 6.80. The Morgan fingerprint density at radius 3 is 2.72 bits per heavy atom. The van der Waals surface area contributed by atoms with Crippen LogP contribution in [0.3, 0.4) is 0 Å². The lowest BCUT2D eigenvalue weighted by Crippen LogP contribution is -2.28. The van der Waals surface area contributed by atoms with Crippen molar-refractivity contribution in [3.8, 4) is 0 Å². The second kappa shape index (κ2) is 6.55. The minimum absolute atomic E-state index is 0.327. The van der Waals surface area contributed by atoms with Crippen molar-refractivity contribution < 1.29 is 4.79 Å². The van der Waals surface area contributed by atoms with Gasteiger partial charge in [0.05, 0.1) is 0 Å². The van der Waals surface area contributed by atoms with Gasteiger partial charge < -0.3 is 10.2 Å². The Bertz CT molecular complexity index is 386. The van der Waals surface area contributed by atoms with Crippen LogP contribution in [0.25, 0.3) is 0 Å². The molecule has 0 radical (unpaired) electrons. The molecule has 0 spiro atoms. The number of carbonyl (C=O) groups excluding carboxylic acids is 1. The summed E-state index contributed by atoms with van der Waals surface area (Å²) in [6.45, 7) is 5.84. The quantitative estimate of drug-likeness (QED) is 0.780. The van der Waals surface area contributed by atoms with E-state index in [1.165, 1.54) is 11.1 Å². The highest BCUT2D eigenvalue weighted by atomic mass is 16.2. The minimum atomic E-state index is 0.327.